The van der Waals surface area contributed by atoms with Gasteiger partial charge in [-0.3, -0.25) is 4.79 Å². The first-order chi connectivity index (χ1) is 12.3. The molecule has 0 saturated carbocycles. The maximum Gasteiger partial charge on any atom is 0.233 e. The number of carbonyl (C=O) groups excluding carboxylic acids is 1. The molecule has 0 radical (unpaired) electrons. The van der Waals surface area contributed by atoms with E-state index < -0.39 is 0 Å². The van der Waals surface area contributed by atoms with Gasteiger partial charge in [0, 0.05) is 11.6 Å². The van der Waals surface area contributed by atoms with Crippen LogP contribution in [0.5, 0.6) is 5.88 Å². The van der Waals surface area contributed by atoms with Crippen LogP contribution in [0.1, 0.15) is 5.56 Å². The fourth-order valence-electron chi connectivity index (χ4n) is 2.35. The number of ether oxygens (including phenoxy) is 1. The lowest BCUT2D eigenvalue weighted by Gasteiger charge is -2.07. The largest absolute Gasteiger partial charge is 0.475 e. The molecule has 0 aliphatic rings. The van der Waals surface area contributed by atoms with Gasteiger partial charge in [-0.1, -0.05) is 60.7 Å². The van der Waals surface area contributed by atoms with E-state index in [9.17, 15) is 4.79 Å². The molecule has 1 heterocycles. The lowest BCUT2D eigenvalue weighted by atomic mass is 10.1. The van der Waals surface area contributed by atoms with Crippen LogP contribution in [0.15, 0.2) is 72.8 Å². The number of nitrogens with one attached hydrogen (secondary N) is 1. The molecule has 1 aromatic heterocycles. The third kappa shape index (κ3) is 5.14. The monoisotopic (exact) mass is 333 g/mol. The van der Waals surface area contributed by atoms with Gasteiger partial charge in [-0.25, -0.2) is 0 Å². The van der Waals surface area contributed by atoms with E-state index in [0.717, 1.165) is 16.8 Å². The van der Waals surface area contributed by atoms with Crippen LogP contribution in [-0.2, 0) is 11.2 Å². The van der Waals surface area contributed by atoms with Crippen molar-refractivity contribution >= 4 is 5.91 Å². The van der Waals surface area contributed by atoms with E-state index in [2.05, 4.69) is 15.5 Å². The number of hydrogen-bond acceptors (Lipinski definition) is 4. The molecule has 3 rings (SSSR count). The first kappa shape index (κ1) is 16.6. The van der Waals surface area contributed by atoms with Gasteiger partial charge in [-0.15, -0.1) is 10.2 Å². The van der Waals surface area contributed by atoms with Gasteiger partial charge in [0.05, 0.1) is 18.7 Å². The van der Waals surface area contributed by atoms with Crippen molar-refractivity contribution in [1.82, 2.24) is 15.5 Å². The van der Waals surface area contributed by atoms with Gasteiger partial charge in [-0.2, -0.15) is 0 Å². The quantitative estimate of drug-likeness (QED) is 0.675. The van der Waals surface area contributed by atoms with Crippen molar-refractivity contribution in [1.29, 1.82) is 0 Å². The molecular formula is C20H19N3O2. The Morgan fingerprint density at radius 3 is 2.28 bits per heavy atom. The van der Waals surface area contributed by atoms with Gasteiger partial charge in [0.1, 0.15) is 6.61 Å². The lowest BCUT2D eigenvalue weighted by Crippen LogP contribution is -2.29. The summed E-state index contributed by atoms with van der Waals surface area (Å²) in [7, 11) is 0. The summed E-state index contributed by atoms with van der Waals surface area (Å²) in [5, 5.41) is 11.0. The second kappa shape index (κ2) is 8.59. The van der Waals surface area contributed by atoms with Crippen LogP contribution in [0.3, 0.4) is 0 Å². The van der Waals surface area contributed by atoms with E-state index in [0.29, 0.717) is 25.5 Å². The number of amides is 1. The van der Waals surface area contributed by atoms with Gasteiger partial charge < -0.3 is 10.1 Å². The first-order valence-corrected chi connectivity index (χ1v) is 8.14. The standard InChI is InChI=1S/C20H19N3O2/c24-19(15-16-7-3-1-4-8-16)21-13-14-25-20-12-11-18(22-23-20)17-9-5-2-6-10-17/h1-12H,13-15H2,(H,21,24). The van der Waals surface area contributed by atoms with Crippen molar-refractivity contribution in [2.45, 2.75) is 6.42 Å². The zero-order chi connectivity index (χ0) is 17.3. The molecule has 0 bridgehead atoms. The zero-order valence-corrected chi connectivity index (χ0v) is 13.8. The Hall–Kier alpha value is -3.21. The summed E-state index contributed by atoms with van der Waals surface area (Å²) in [5.41, 5.74) is 2.79. The molecule has 0 aliphatic carbocycles. The van der Waals surface area contributed by atoms with E-state index in [1.54, 1.807) is 6.07 Å². The van der Waals surface area contributed by atoms with Crippen molar-refractivity contribution in [2.75, 3.05) is 13.2 Å². The Bertz CT molecular complexity index is 790. The number of rotatable bonds is 7. The highest BCUT2D eigenvalue weighted by Crippen LogP contribution is 2.16. The average molecular weight is 333 g/mol. The lowest BCUT2D eigenvalue weighted by molar-refractivity contribution is -0.120. The van der Waals surface area contributed by atoms with Gasteiger partial charge in [0.25, 0.3) is 0 Å². The molecule has 5 heteroatoms. The maximum atomic E-state index is 11.8. The fourth-order valence-corrected chi connectivity index (χ4v) is 2.35. The van der Waals surface area contributed by atoms with Gasteiger partial charge in [0.2, 0.25) is 11.8 Å². The van der Waals surface area contributed by atoms with Crippen molar-refractivity contribution in [3.63, 3.8) is 0 Å². The van der Waals surface area contributed by atoms with Crippen molar-refractivity contribution in [2.24, 2.45) is 0 Å². The third-order valence-electron chi connectivity index (χ3n) is 3.59. The van der Waals surface area contributed by atoms with Gasteiger partial charge in [0.15, 0.2) is 0 Å². The Balaban J connectivity index is 1.41. The Morgan fingerprint density at radius 1 is 0.880 bits per heavy atom. The number of nitrogens with zero attached hydrogens (tertiary/aromatic N) is 2. The SMILES string of the molecule is O=C(Cc1ccccc1)NCCOc1ccc(-c2ccccc2)nn1. The van der Waals surface area contributed by atoms with Crippen LogP contribution < -0.4 is 10.1 Å². The van der Waals surface area contributed by atoms with E-state index in [4.69, 9.17) is 4.74 Å². The smallest absolute Gasteiger partial charge is 0.233 e. The minimum Gasteiger partial charge on any atom is -0.475 e. The van der Waals surface area contributed by atoms with Crippen LogP contribution in [0.4, 0.5) is 0 Å². The molecule has 0 saturated heterocycles. The molecule has 0 atom stereocenters. The number of carbonyl (C=O) groups is 1. The van der Waals surface area contributed by atoms with Crippen molar-refractivity contribution in [3.8, 4) is 17.1 Å². The maximum absolute atomic E-state index is 11.8. The summed E-state index contributed by atoms with van der Waals surface area (Å²) >= 11 is 0. The second-order valence-electron chi connectivity index (χ2n) is 5.48. The highest BCUT2D eigenvalue weighted by molar-refractivity contribution is 5.78. The predicted molar refractivity (Wildman–Crippen MR) is 96.1 cm³/mol. The van der Waals surface area contributed by atoms with Crippen molar-refractivity contribution < 1.29 is 9.53 Å². The minimum atomic E-state index is -0.0275. The molecule has 2 aromatic carbocycles. The second-order valence-corrected chi connectivity index (χ2v) is 5.48. The Labute approximate surface area is 146 Å². The molecule has 126 valence electrons. The molecule has 0 fully saturated rings. The molecule has 5 nitrogen and oxygen atoms in total. The normalized spacial score (nSPS) is 10.2. The van der Waals surface area contributed by atoms with E-state index in [1.807, 2.05) is 66.7 Å². The van der Waals surface area contributed by atoms with E-state index >= 15 is 0 Å². The molecule has 1 amide bonds. The van der Waals surface area contributed by atoms with E-state index in [1.165, 1.54) is 0 Å². The number of aromatic nitrogens is 2. The predicted octanol–water partition coefficient (Wildman–Crippen LogP) is 2.88. The van der Waals surface area contributed by atoms with Crippen LogP contribution in [0.25, 0.3) is 11.3 Å². The van der Waals surface area contributed by atoms with Crippen LogP contribution >= 0.6 is 0 Å². The summed E-state index contributed by atoms with van der Waals surface area (Å²) in [6.07, 6.45) is 0.367. The fraction of sp³-hybridized carbons (Fsp3) is 0.150. The molecule has 25 heavy (non-hydrogen) atoms. The van der Waals surface area contributed by atoms with Crippen LogP contribution in [-0.4, -0.2) is 29.3 Å². The number of hydrogen-bond donors (Lipinski definition) is 1. The highest BCUT2D eigenvalue weighted by Gasteiger charge is 2.04. The summed E-state index contributed by atoms with van der Waals surface area (Å²) < 4.78 is 5.51. The molecule has 1 N–H and O–H groups in total. The Kier molecular flexibility index (Phi) is 5.72. The average Bonchev–Trinajstić information content (AvgIpc) is 2.67. The summed E-state index contributed by atoms with van der Waals surface area (Å²) in [6.45, 7) is 0.772. The Morgan fingerprint density at radius 2 is 1.60 bits per heavy atom. The molecule has 0 aliphatic heterocycles. The molecule has 0 spiro atoms. The molecular weight excluding hydrogens is 314 g/mol. The zero-order valence-electron chi connectivity index (χ0n) is 13.8. The highest BCUT2D eigenvalue weighted by atomic mass is 16.5. The van der Waals surface area contributed by atoms with Gasteiger partial charge >= 0.3 is 0 Å². The van der Waals surface area contributed by atoms with Crippen molar-refractivity contribution in [3.05, 3.63) is 78.4 Å². The summed E-state index contributed by atoms with van der Waals surface area (Å²) in [5.74, 6) is 0.414. The third-order valence-corrected chi connectivity index (χ3v) is 3.59. The van der Waals surface area contributed by atoms with E-state index in [-0.39, 0.29) is 5.91 Å². The first-order valence-electron chi connectivity index (χ1n) is 8.14. The van der Waals surface area contributed by atoms with Gasteiger partial charge in [-0.05, 0) is 11.6 Å². The molecule has 3 aromatic rings. The van der Waals surface area contributed by atoms with Crippen LogP contribution in [0, 0.1) is 0 Å². The minimum absolute atomic E-state index is 0.0275. The summed E-state index contributed by atoms with van der Waals surface area (Å²) in [4.78, 5) is 11.8. The summed E-state index contributed by atoms with van der Waals surface area (Å²) in [6, 6.07) is 23.1. The topological polar surface area (TPSA) is 64.1 Å². The molecule has 0 unspecified atom stereocenters. The number of benzene rings is 2. The van der Waals surface area contributed by atoms with Crippen LogP contribution in [0.2, 0.25) is 0 Å².